The fourth-order valence-electron chi connectivity index (χ4n) is 1.04. The summed E-state index contributed by atoms with van der Waals surface area (Å²) in [5.41, 5.74) is 0. The first-order chi connectivity index (χ1) is 7.55. The summed E-state index contributed by atoms with van der Waals surface area (Å²) >= 11 is 5.79. The molecular weight excluding hydrogens is 250 g/mol. The smallest absolute Gasteiger partial charge is 0.235 e. The Hall–Kier alpha value is -0.850. The lowest BCUT2D eigenvalue weighted by atomic mass is 10.5. The third kappa shape index (κ3) is 4.34. The fourth-order valence-corrected chi connectivity index (χ4v) is 2.24. The Balaban J connectivity index is 2.63. The Morgan fingerprint density at radius 3 is 2.88 bits per heavy atom. The van der Waals surface area contributed by atoms with Crippen molar-refractivity contribution in [1.82, 2.24) is 10.3 Å². The maximum Gasteiger partial charge on any atom is 0.235 e. The minimum atomic E-state index is -3.39. The first kappa shape index (κ1) is 13.2. The van der Waals surface area contributed by atoms with Gasteiger partial charge in [-0.05, 0) is 18.7 Å². The van der Waals surface area contributed by atoms with Gasteiger partial charge in [-0.3, -0.25) is 4.72 Å². The van der Waals surface area contributed by atoms with E-state index in [4.69, 9.17) is 11.6 Å². The topological polar surface area (TPSA) is 71.1 Å². The molecule has 0 aliphatic heterocycles. The van der Waals surface area contributed by atoms with Gasteiger partial charge in [0.05, 0.1) is 10.8 Å². The predicted octanol–water partition coefficient (Wildman–Crippen LogP) is 1.09. The van der Waals surface area contributed by atoms with Crippen LogP contribution in [-0.4, -0.2) is 32.2 Å². The van der Waals surface area contributed by atoms with Crippen molar-refractivity contribution in [2.75, 3.05) is 23.6 Å². The highest BCUT2D eigenvalue weighted by Gasteiger charge is 2.12. The number of anilines is 1. The van der Waals surface area contributed by atoms with Gasteiger partial charge in [0, 0.05) is 12.7 Å². The minimum Gasteiger partial charge on any atom is -0.316 e. The van der Waals surface area contributed by atoms with Gasteiger partial charge < -0.3 is 5.32 Å². The summed E-state index contributed by atoms with van der Waals surface area (Å²) in [5, 5.41) is 3.22. The molecule has 0 aromatic carbocycles. The highest BCUT2D eigenvalue weighted by molar-refractivity contribution is 7.92. The van der Waals surface area contributed by atoms with Crippen LogP contribution in [-0.2, 0) is 10.0 Å². The molecule has 1 aromatic heterocycles. The van der Waals surface area contributed by atoms with E-state index in [9.17, 15) is 8.42 Å². The summed E-state index contributed by atoms with van der Waals surface area (Å²) in [4.78, 5) is 3.85. The molecule has 0 spiro atoms. The van der Waals surface area contributed by atoms with Crippen molar-refractivity contribution < 1.29 is 8.42 Å². The molecule has 0 atom stereocenters. The van der Waals surface area contributed by atoms with Gasteiger partial charge in [-0.1, -0.05) is 18.5 Å². The van der Waals surface area contributed by atoms with Crippen LogP contribution in [0.1, 0.15) is 6.92 Å². The first-order valence-corrected chi connectivity index (χ1v) is 6.90. The summed E-state index contributed by atoms with van der Waals surface area (Å²) in [6, 6.07) is 3.22. The maximum atomic E-state index is 11.6. The van der Waals surface area contributed by atoms with E-state index < -0.39 is 10.0 Å². The van der Waals surface area contributed by atoms with Gasteiger partial charge in [-0.25, -0.2) is 13.4 Å². The fraction of sp³-hybridized carbons (Fsp3) is 0.444. The lowest BCUT2D eigenvalue weighted by molar-refractivity contribution is 0.597. The summed E-state index contributed by atoms with van der Waals surface area (Å²) in [7, 11) is -3.39. The number of nitrogens with one attached hydrogen (secondary N) is 2. The van der Waals surface area contributed by atoms with Crippen molar-refractivity contribution in [3.63, 3.8) is 0 Å². The minimum absolute atomic E-state index is 0.00621. The largest absolute Gasteiger partial charge is 0.316 e. The average molecular weight is 264 g/mol. The van der Waals surface area contributed by atoms with Crippen LogP contribution in [0.4, 0.5) is 5.82 Å². The van der Waals surface area contributed by atoms with Gasteiger partial charge in [0.1, 0.15) is 0 Å². The van der Waals surface area contributed by atoms with E-state index in [0.717, 1.165) is 6.54 Å². The predicted molar refractivity (Wildman–Crippen MR) is 65.2 cm³/mol. The standard InChI is InChI=1S/C9H14ClN3O2S/c1-2-11-6-7-16(14,15)13-9-8(10)4-3-5-12-9/h3-5,11H,2,6-7H2,1H3,(H,12,13). The van der Waals surface area contributed by atoms with E-state index in [1.54, 1.807) is 12.1 Å². The molecular formula is C9H14ClN3O2S. The van der Waals surface area contributed by atoms with Crippen molar-refractivity contribution in [3.8, 4) is 0 Å². The Labute approximate surface area is 100 Å². The number of pyridine rings is 1. The van der Waals surface area contributed by atoms with Crippen LogP contribution in [0.5, 0.6) is 0 Å². The van der Waals surface area contributed by atoms with Crippen LogP contribution in [0.2, 0.25) is 5.02 Å². The van der Waals surface area contributed by atoms with Crippen molar-refractivity contribution >= 4 is 27.4 Å². The van der Waals surface area contributed by atoms with Crippen molar-refractivity contribution in [2.45, 2.75) is 6.92 Å². The zero-order valence-corrected chi connectivity index (χ0v) is 10.5. The number of nitrogens with zero attached hydrogens (tertiary/aromatic N) is 1. The van der Waals surface area contributed by atoms with E-state index >= 15 is 0 Å². The van der Waals surface area contributed by atoms with Crippen molar-refractivity contribution in [1.29, 1.82) is 0 Å². The normalized spacial score (nSPS) is 11.4. The molecule has 0 saturated heterocycles. The highest BCUT2D eigenvalue weighted by Crippen LogP contribution is 2.18. The summed E-state index contributed by atoms with van der Waals surface area (Å²) in [6.45, 7) is 3.05. The van der Waals surface area contributed by atoms with E-state index in [1.165, 1.54) is 6.20 Å². The van der Waals surface area contributed by atoms with Gasteiger partial charge in [0.2, 0.25) is 10.0 Å². The van der Waals surface area contributed by atoms with Gasteiger partial charge >= 0.3 is 0 Å². The van der Waals surface area contributed by atoms with Crippen LogP contribution in [0.25, 0.3) is 0 Å². The van der Waals surface area contributed by atoms with Crippen molar-refractivity contribution in [2.24, 2.45) is 0 Å². The maximum absolute atomic E-state index is 11.6. The Morgan fingerprint density at radius 2 is 2.25 bits per heavy atom. The number of rotatable bonds is 6. The molecule has 0 aliphatic rings. The summed E-state index contributed by atoms with van der Waals surface area (Å²) in [5.74, 6) is 0.161. The highest BCUT2D eigenvalue weighted by atomic mass is 35.5. The molecule has 0 aliphatic carbocycles. The monoisotopic (exact) mass is 263 g/mol. The molecule has 90 valence electrons. The van der Waals surface area contributed by atoms with Crippen LogP contribution in [0.3, 0.4) is 0 Å². The van der Waals surface area contributed by atoms with Crippen molar-refractivity contribution in [3.05, 3.63) is 23.4 Å². The second-order valence-electron chi connectivity index (χ2n) is 3.11. The lowest BCUT2D eigenvalue weighted by Crippen LogP contribution is -2.26. The molecule has 0 radical (unpaired) electrons. The van der Waals surface area contributed by atoms with Gasteiger partial charge in [-0.15, -0.1) is 0 Å². The third-order valence-corrected chi connectivity index (χ3v) is 3.36. The van der Waals surface area contributed by atoms with E-state index in [0.29, 0.717) is 6.54 Å². The van der Waals surface area contributed by atoms with Crippen LogP contribution < -0.4 is 10.0 Å². The molecule has 5 nitrogen and oxygen atoms in total. The Bertz CT molecular complexity index is 436. The summed E-state index contributed by atoms with van der Waals surface area (Å²) < 4.78 is 25.5. The average Bonchev–Trinajstić information content (AvgIpc) is 2.21. The molecule has 1 heterocycles. The molecule has 0 saturated carbocycles. The SMILES string of the molecule is CCNCCS(=O)(=O)Nc1ncccc1Cl. The molecule has 16 heavy (non-hydrogen) atoms. The van der Waals surface area contributed by atoms with E-state index in [1.807, 2.05) is 6.92 Å². The molecule has 0 amide bonds. The number of halogens is 1. The van der Waals surface area contributed by atoms with Crippen LogP contribution >= 0.6 is 11.6 Å². The first-order valence-electron chi connectivity index (χ1n) is 4.87. The number of hydrogen-bond donors (Lipinski definition) is 2. The van der Waals surface area contributed by atoms with Gasteiger partial charge in [0.15, 0.2) is 5.82 Å². The quantitative estimate of drug-likeness (QED) is 0.754. The number of hydrogen-bond acceptors (Lipinski definition) is 4. The van der Waals surface area contributed by atoms with E-state index in [2.05, 4.69) is 15.0 Å². The lowest BCUT2D eigenvalue weighted by Gasteiger charge is -2.08. The number of aromatic nitrogens is 1. The van der Waals surface area contributed by atoms with Crippen LogP contribution in [0, 0.1) is 0 Å². The zero-order valence-electron chi connectivity index (χ0n) is 8.90. The Kier molecular flexibility index (Phi) is 4.98. The number of sulfonamides is 1. The molecule has 7 heteroatoms. The van der Waals surface area contributed by atoms with Crippen LogP contribution in [0.15, 0.2) is 18.3 Å². The zero-order chi connectivity index (χ0) is 12.0. The molecule has 0 fully saturated rings. The van der Waals surface area contributed by atoms with E-state index in [-0.39, 0.29) is 16.6 Å². The third-order valence-electron chi connectivity index (χ3n) is 1.81. The second-order valence-corrected chi connectivity index (χ2v) is 5.36. The van der Waals surface area contributed by atoms with Gasteiger partial charge in [0.25, 0.3) is 0 Å². The molecule has 0 bridgehead atoms. The summed E-state index contributed by atoms with van der Waals surface area (Å²) in [6.07, 6.45) is 1.48. The molecule has 2 N–H and O–H groups in total. The molecule has 1 rings (SSSR count). The molecule has 1 aromatic rings. The Morgan fingerprint density at radius 1 is 1.50 bits per heavy atom. The second kappa shape index (κ2) is 6.03. The van der Waals surface area contributed by atoms with Gasteiger partial charge in [-0.2, -0.15) is 0 Å². The molecule has 0 unspecified atom stereocenters.